The number of fused-ring (bicyclic) bond motifs is 1. The third-order valence-corrected chi connectivity index (χ3v) is 8.18. The van der Waals surface area contributed by atoms with E-state index in [0.717, 1.165) is 24.2 Å². The van der Waals surface area contributed by atoms with E-state index in [1.807, 2.05) is 49.6 Å². The van der Waals surface area contributed by atoms with Gasteiger partial charge >= 0.3 is 0 Å². The van der Waals surface area contributed by atoms with Crippen LogP contribution in [0, 0.1) is 13.8 Å². The Labute approximate surface area is 240 Å². The fourth-order valence-electron chi connectivity index (χ4n) is 4.59. The van der Waals surface area contributed by atoms with Crippen molar-refractivity contribution in [1.82, 2.24) is 24.5 Å². The van der Waals surface area contributed by atoms with Crippen molar-refractivity contribution in [3.05, 3.63) is 103 Å². The van der Waals surface area contributed by atoms with Crippen LogP contribution in [0.3, 0.4) is 0 Å². The van der Waals surface area contributed by atoms with Crippen molar-refractivity contribution in [2.75, 3.05) is 0 Å². The zero-order valence-electron chi connectivity index (χ0n) is 21.7. The normalized spacial score (nSPS) is 12.1. The summed E-state index contributed by atoms with van der Waals surface area (Å²) in [4.78, 5) is 31.9. The van der Waals surface area contributed by atoms with E-state index in [0.29, 0.717) is 37.7 Å². The van der Waals surface area contributed by atoms with Gasteiger partial charge in [-0.25, -0.2) is 9.67 Å². The topological polar surface area (TPSA) is 81.3 Å². The summed E-state index contributed by atoms with van der Waals surface area (Å²) in [5.74, 6) is -0.135. The summed E-state index contributed by atoms with van der Waals surface area (Å²) < 4.78 is 3.23. The van der Waals surface area contributed by atoms with Crippen LogP contribution in [0.1, 0.15) is 36.0 Å². The van der Waals surface area contributed by atoms with Crippen molar-refractivity contribution in [2.24, 2.45) is 0 Å². The standard InChI is InChI=1S/C29H27Cl2N5O2S/c1-17(9-10-20-7-5-4-6-8-20)32-26(37)15-22-16-39-29-33-19(3)27(28(38)35(22)29)25-13-18(2)36(34-25)21-11-12-23(30)24(31)14-21/h4-8,11-14,16-17H,9-10,15H2,1-3H3,(H,32,37)/t17-/m1/s1. The van der Waals surface area contributed by atoms with Crippen molar-refractivity contribution in [3.63, 3.8) is 0 Å². The molecule has 0 bridgehead atoms. The van der Waals surface area contributed by atoms with Crippen molar-refractivity contribution < 1.29 is 4.79 Å². The van der Waals surface area contributed by atoms with E-state index < -0.39 is 0 Å². The Hall–Kier alpha value is -3.46. The lowest BCUT2D eigenvalue weighted by atomic mass is 10.1. The van der Waals surface area contributed by atoms with Gasteiger partial charge in [-0.3, -0.25) is 14.0 Å². The highest BCUT2D eigenvalue weighted by Gasteiger charge is 2.20. The van der Waals surface area contributed by atoms with Gasteiger partial charge < -0.3 is 5.32 Å². The molecule has 0 spiro atoms. The molecule has 1 N–H and O–H groups in total. The highest BCUT2D eigenvalue weighted by Crippen LogP contribution is 2.27. The number of halogens is 2. The molecular formula is C29H27Cl2N5O2S. The van der Waals surface area contributed by atoms with Crippen LogP contribution in [0.15, 0.2) is 64.8 Å². The Balaban J connectivity index is 1.39. The van der Waals surface area contributed by atoms with Crippen LogP contribution in [-0.4, -0.2) is 31.1 Å². The molecule has 0 fully saturated rings. The van der Waals surface area contributed by atoms with Gasteiger partial charge in [0.05, 0.1) is 33.4 Å². The number of carbonyl (C=O) groups is 1. The number of hydrogen-bond donors (Lipinski definition) is 1. The molecule has 10 heteroatoms. The van der Waals surface area contributed by atoms with E-state index in [9.17, 15) is 9.59 Å². The van der Waals surface area contributed by atoms with Crippen LogP contribution in [0.5, 0.6) is 0 Å². The summed E-state index contributed by atoms with van der Waals surface area (Å²) in [5, 5.41) is 10.4. The molecule has 0 unspecified atom stereocenters. The number of benzene rings is 2. The Morgan fingerprint density at radius 1 is 1.08 bits per heavy atom. The summed E-state index contributed by atoms with van der Waals surface area (Å²) in [6, 6.07) is 17.3. The lowest BCUT2D eigenvalue weighted by Gasteiger charge is -2.14. The minimum atomic E-state index is -0.252. The third kappa shape index (κ3) is 5.78. The Morgan fingerprint density at radius 3 is 2.59 bits per heavy atom. The van der Waals surface area contributed by atoms with Gasteiger partial charge in [-0.1, -0.05) is 53.5 Å². The van der Waals surface area contributed by atoms with E-state index in [4.69, 9.17) is 28.3 Å². The average Bonchev–Trinajstić information content (AvgIpc) is 3.48. The van der Waals surface area contributed by atoms with Gasteiger partial charge in [-0.2, -0.15) is 5.10 Å². The van der Waals surface area contributed by atoms with Crippen LogP contribution >= 0.6 is 34.5 Å². The van der Waals surface area contributed by atoms with Gasteiger partial charge in [0.1, 0.15) is 5.69 Å². The van der Waals surface area contributed by atoms with Gasteiger partial charge in [0.2, 0.25) is 5.91 Å². The zero-order valence-corrected chi connectivity index (χ0v) is 24.1. The smallest absolute Gasteiger partial charge is 0.268 e. The largest absolute Gasteiger partial charge is 0.353 e. The molecule has 200 valence electrons. The van der Waals surface area contributed by atoms with E-state index in [2.05, 4.69) is 22.4 Å². The molecule has 0 radical (unpaired) electrons. The number of thiazole rings is 1. The number of nitrogens with one attached hydrogen (secondary N) is 1. The van der Waals surface area contributed by atoms with Crippen molar-refractivity contribution in [3.8, 4) is 16.9 Å². The fraction of sp³-hybridized carbons (Fsp3) is 0.241. The van der Waals surface area contributed by atoms with Gasteiger partial charge in [-0.05, 0) is 63.4 Å². The van der Waals surface area contributed by atoms with Gasteiger partial charge in [0.25, 0.3) is 5.56 Å². The Morgan fingerprint density at radius 2 is 1.85 bits per heavy atom. The first-order valence-electron chi connectivity index (χ1n) is 12.6. The maximum Gasteiger partial charge on any atom is 0.268 e. The van der Waals surface area contributed by atoms with Crippen LogP contribution in [0.2, 0.25) is 10.0 Å². The molecule has 0 saturated heterocycles. The first kappa shape index (κ1) is 27.1. The highest BCUT2D eigenvalue weighted by atomic mass is 35.5. The zero-order chi connectivity index (χ0) is 27.7. The van der Waals surface area contributed by atoms with Crippen LogP contribution in [0.25, 0.3) is 21.9 Å². The summed E-state index contributed by atoms with van der Waals surface area (Å²) in [6.45, 7) is 5.69. The first-order chi connectivity index (χ1) is 18.7. The molecule has 3 aromatic heterocycles. The molecule has 1 amide bonds. The lowest BCUT2D eigenvalue weighted by molar-refractivity contribution is -0.121. The minimum absolute atomic E-state index is 0.00330. The summed E-state index contributed by atoms with van der Waals surface area (Å²) in [6.07, 6.45) is 1.78. The highest BCUT2D eigenvalue weighted by molar-refractivity contribution is 7.15. The van der Waals surface area contributed by atoms with Crippen LogP contribution in [0.4, 0.5) is 0 Å². The van der Waals surface area contributed by atoms with E-state index in [-0.39, 0.29) is 23.9 Å². The second-order valence-electron chi connectivity index (χ2n) is 9.57. The Bertz CT molecular complexity index is 1730. The lowest BCUT2D eigenvalue weighted by Crippen LogP contribution is -2.34. The number of nitrogens with zero attached hydrogens (tertiary/aromatic N) is 4. The molecule has 5 rings (SSSR count). The molecule has 0 aliphatic carbocycles. The third-order valence-electron chi connectivity index (χ3n) is 6.57. The predicted molar refractivity (Wildman–Crippen MR) is 157 cm³/mol. The molecule has 39 heavy (non-hydrogen) atoms. The summed E-state index contributed by atoms with van der Waals surface area (Å²) >= 11 is 13.6. The van der Waals surface area contributed by atoms with E-state index in [1.165, 1.54) is 21.3 Å². The number of amides is 1. The van der Waals surface area contributed by atoms with E-state index in [1.54, 1.807) is 23.7 Å². The average molecular weight is 581 g/mol. The number of carbonyl (C=O) groups excluding carboxylic acids is 1. The Kier molecular flexibility index (Phi) is 7.88. The number of aryl methyl sites for hydroxylation is 3. The van der Waals surface area contributed by atoms with Gasteiger partial charge in [0, 0.05) is 22.8 Å². The van der Waals surface area contributed by atoms with E-state index >= 15 is 0 Å². The molecule has 7 nitrogen and oxygen atoms in total. The number of aromatic nitrogens is 4. The SMILES string of the molecule is Cc1nc2scc(CC(=O)N[C@H](C)CCc3ccccc3)n2c(=O)c1-c1cc(C)n(-c2ccc(Cl)c(Cl)c2)n1. The van der Waals surface area contributed by atoms with Gasteiger partial charge in [-0.15, -0.1) is 11.3 Å². The fourth-order valence-corrected chi connectivity index (χ4v) is 5.81. The van der Waals surface area contributed by atoms with Crippen LogP contribution in [-0.2, 0) is 17.6 Å². The first-order valence-corrected chi connectivity index (χ1v) is 14.2. The van der Waals surface area contributed by atoms with Crippen molar-refractivity contribution in [1.29, 1.82) is 0 Å². The number of hydrogen-bond acceptors (Lipinski definition) is 5. The maximum absolute atomic E-state index is 13.8. The molecule has 1 atom stereocenters. The quantitative estimate of drug-likeness (QED) is 0.237. The van der Waals surface area contributed by atoms with Crippen LogP contribution < -0.4 is 10.9 Å². The molecule has 0 aliphatic rings. The molecule has 5 aromatic rings. The predicted octanol–water partition coefficient (Wildman–Crippen LogP) is 6.21. The second-order valence-corrected chi connectivity index (χ2v) is 11.2. The molecule has 0 saturated carbocycles. The van der Waals surface area contributed by atoms with Crippen molar-refractivity contribution in [2.45, 2.75) is 46.1 Å². The van der Waals surface area contributed by atoms with Gasteiger partial charge in [0.15, 0.2) is 4.96 Å². The second kappa shape index (κ2) is 11.3. The summed E-state index contributed by atoms with van der Waals surface area (Å²) in [7, 11) is 0. The maximum atomic E-state index is 13.8. The monoisotopic (exact) mass is 579 g/mol. The molecular weight excluding hydrogens is 553 g/mol. The molecule has 2 aromatic carbocycles. The number of rotatable bonds is 8. The summed E-state index contributed by atoms with van der Waals surface area (Å²) in [5.41, 5.74) is 4.60. The van der Waals surface area contributed by atoms with Crippen molar-refractivity contribution >= 4 is 45.4 Å². The molecule has 3 heterocycles. The molecule has 0 aliphatic heterocycles. The minimum Gasteiger partial charge on any atom is -0.353 e.